The summed E-state index contributed by atoms with van der Waals surface area (Å²) in [5.41, 5.74) is 55.2. The monoisotopic (exact) mass is 1810 g/mol. The largest absolute Gasteiger partial charge is 0.455 e. The van der Waals surface area contributed by atoms with Crippen molar-refractivity contribution in [3.05, 3.63) is 399 Å². The van der Waals surface area contributed by atoms with E-state index in [0.717, 1.165) is 55.7 Å². The molecule has 0 saturated carbocycles. The quantitative estimate of drug-likeness (QED) is 0.0634. The summed E-state index contributed by atoms with van der Waals surface area (Å²) in [5, 5.41) is 4.69. The number of unbranched alkanes of at least 4 members (excludes halogenated alkanes) is 10. The van der Waals surface area contributed by atoms with Crippen LogP contribution in [0.4, 0.5) is 17.1 Å². The van der Waals surface area contributed by atoms with Crippen LogP contribution in [0.1, 0.15) is 265 Å². The summed E-state index contributed by atoms with van der Waals surface area (Å²) in [4.78, 5) is 2.58. The van der Waals surface area contributed by atoms with E-state index in [1.807, 2.05) is 0 Å². The maximum absolute atomic E-state index is 7.43. The van der Waals surface area contributed by atoms with Crippen molar-refractivity contribution in [1.82, 2.24) is 0 Å². The molecular formula is C137H123NO2. The molecule has 0 radical (unpaired) electrons. The fourth-order valence-corrected chi connectivity index (χ4v) is 28.2. The molecule has 19 aromatic rings. The van der Waals surface area contributed by atoms with Crippen LogP contribution in [0.5, 0.6) is 0 Å². The minimum absolute atomic E-state index is 0.0370. The maximum atomic E-state index is 7.43. The van der Waals surface area contributed by atoms with E-state index in [1.54, 1.807) is 11.1 Å². The van der Waals surface area contributed by atoms with Gasteiger partial charge >= 0.3 is 0 Å². The second kappa shape index (κ2) is 31.6. The van der Waals surface area contributed by atoms with Crippen LogP contribution in [-0.2, 0) is 37.9 Å². The highest BCUT2D eigenvalue weighted by atomic mass is 16.3. The molecule has 0 N–H and O–H groups in total. The van der Waals surface area contributed by atoms with Crippen molar-refractivity contribution in [2.45, 2.75) is 225 Å². The van der Waals surface area contributed by atoms with Crippen molar-refractivity contribution >= 4 is 60.9 Å². The zero-order chi connectivity index (χ0) is 95.2. The Hall–Kier alpha value is -13.9. The average molecular weight is 1820 g/mol. The van der Waals surface area contributed by atoms with Gasteiger partial charge in [0.05, 0.1) is 5.69 Å². The van der Waals surface area contributed by atoms with Gasteiger partial charge in [0, 0.05) is 87.5 Å². The van der Waals surface area contributed by atoms with Gasteiger partial charge in [-0.15, -0.1) is 0 Å². The van der Waals surface area contributed by atoms with Crippen LogP contribution in [0.2, 0.25) is 0 Å². The lowest BCUT2D eigenvalue weighted by Gasteiger charge is -2.33. The van der Waals surface area contributed by atoms with E-state index in [-0.39, 0.29) is 21.7 Å². The molecule has 0 unspecified atom stereocenters. The second-order valence-electron chi connectivity index (χ2n) is 45.4. The number of para-hydroxylation sites is 3. The summed E-state index contributed by atoms with van der Waals surface area (Å²) >= 11 is 0. The van der Waals surface area contributed by atoms with E-state index in [9.17, 15) is 0 Å². The fourth-order valence-electron chi connectivity index (χ4n) is 28.2. The fraction of sp³-hybridized carbons (Fsp3) is 0.255. The molecule has 0 saturated heterocycles. The summed E-state index contributed by atoms with van der Waals surface area (Å²) in [7, 11) is 0. The lowest BCUT2D eigenvalue weighted by molar-refractivity contribution is 0.398. The first kappa shape index (κ1) is 86.5. The molecule has 0 atom stereocenters. The minimum Gasteiger partial charge on any atom is -0.455 e. The molecule has 3 nitrogen and oxygen atoms in total. The van der Waals surface area contributed by atoms with Crippen molar-refractivity contribution in [3.8, 4) is 134 Å². The van der Waals surface area contributed by atoms with Gasteiger partial charge in [-0.25, -0.2) is 0 Å². The van der Waals surface area contributed by atoms with Gasteiger partial charge in [0.2, 0.25) is 0 Å². The summed E-state index contributed by atoms with van der Waals surface area (Å²) in [6.07, 6.45) is 18.3. The van der Waals surface area contributed by atoms with Crippen molar-refractivity contribution in [1.29, 1.82) is 0 Å². The number of hydrogen-bond acceptors (Lipinski definition) is 3. The maximum Gasteiger partial charge on any atom is 0.144 e. The third kappa shape index (κ3) is 12.4. The highest BCUT2D eigenvalue weighted by molar-refractivity contribution is 6.23. The summed E-state index contributed by atoms with van der Waals surface area (Å²) in [5.74, 6) is 0. The van der Waals surface area contributed by atoms with Crippen LogP contribution in [0.3, 0.4) is 0 Å². The van der Waals surface area contributed by atoms with E-state index in [4.69, 9.17) is 8.83 Å². The summed E-state index contributed by atoms with van der Waals surface area (Å²) in [6.45, 7) is 34.4. The number of rotatable bonds is 22. The first-order valence-electron chi connectivity index (χ1n) is 52.4. The lowest BCUT2D eigenvalue weighted by atomic mass is 9.70. The van der Waals surface area contributed by atoms with Crippen LogP contribution in [0.25, 0.3) is 177 Å². The number of furan rings is 2. The number of hydrogen-bond donors (Lipinski definition) is 0. The zero-order valence-corrected chi connectivity index (χ0v) is 83.8. The van der Waals surface area contributed by atoms with Gasteiger partial charge in [0.25, 0.3) is 0 Å². The molecular weight excluding hydrogens is 1690 g/mol. The zero-order valence-electron chi connectivity index (χ0n) is 83.8. The second-order valence-corrected chi connectivity index (χ2v) is 45.4. The predicted molar refractivity (Wildman–Crippen MR) is 590 cm³/mol. The topological polar surface area (TPSA) is 29.5 Å². The van der Waals surface area contributed by atoms with Crippen LogP contribution < -0.4 is 4.90 Å². The Kier molecular flexibility index (Phi) is 19.5. The van der Waals surface area contributed by atoms with Gasteiger partial charge in [0.1, 0.15) is 22.3 Å². The number of benzene rings is 17. The molecule has 0 spiro atoms. The summed E-state index contributed by atoms with van der Waals surface area (Å²) < 4.78 is 14.7. The van der Waals surface area contributed by atoms with E-state index in [2.05, 4.69) is 423 Å². The molecule has 17 aromatic carbocycles. The van der Waals surface area contributed by atoms with E-state index in [1.165, 1.54) is 295 Å². The molecule has 7 aliphatic carbocycles. The average Bonchev–Trinajstić information content (AvgIpc) is 1.50. The Morgan fingerprint density at radius 3 is 0.929 bits per heavy atom. The Morgan fingerprint density at radius 2 is 0.507 bits per heavy atom. The van der Waals surface area contributed by atoms with E-state index >= 15 is 0 Å². The Morgan fingerprint density at radius 1 is 0.214 bits per heavy atom. The Bertz CT molecular complexity index is 8430. The third-order valence-corrected chi connectivity index (χ3v) is 35.3. The van der Waals surface area contributed by atoms with Gasteiger partial charge < -0.3 is 13.7 Å². The Labute approximate surface area is 826 Å². The van der Waals surface area contributed by atoms with Gasteiger partial charge in [-0.05, 0) is 292 Å². The molecule has 3 heteroatoms. The first-order valence-corrected chi connectivity index (χ1v) is 52.4. The van der Waals surface area contributed by atoms with Gasteiger partial charge in [-0.1, -0.05) is 411 Å². The molecule has 688 valence electrons. The predicted octanol–water partition coefficient (Wildman–Crippen LogP) is 38.9. The van der Waals surface area contributed by atoms with Crippen molar-refractivity contribution in [3.63, 3.8) is 0 Å². The molecule has 0 bridgehead atoms. The van der Waals surface area contributed by atoms with Gasteiger partial charge in [-0.2, -0.15) is 0 Å². The smallest absolute Gasteiger partial charge is 0.144 e. The summed E-state index contributed by atoms with van der Waals surface area (Å²) in [6, 6.07) is 124. The van der Waals surface area contributed by atoms with E-state index < -0.39 is 16.2 Å². The molecule has 2 heterocycles. The van der Waals surface area contributed by atoms with Crippen molar-refractivity contribution in [2.75, 3.05) is 4.90 Å². The van der Waals surface area contributed by atoms with Crippen LogP contribution >= 0.6 is 0 Å². The van der Waals surface area contributed by atoms with Crippen LogP contribution in [-0.4, -0.2) is 0 Å². The molecule has 26 rings (SSSR count). The van der Waals surface area contributed by atoms with Gasteiger partial charge in [0.15, 0.2) is 0 Å². The van der Waals surface area contributed by atoms with Crippen LogP contribution in [0, 0.1) is 0 Å². The number of anilines is 3. The third-order valence-electron chi connectivity index (χ3n) is 35.3. The first-order chi connectivity index (χ1) is 67.9. The van der Waals surface area contributed by atoms with Crippen molar-refractivity contribution in [2.24, 2.45) is 0 Å². The molecule has 2 aromatic heterocycles. The minimum atomic E-state index is -0.474. The SMILES string of the molecule is CCCCCCCCC1(CCCCCCCC)c2ccccc2-c2ccc(-c3ccc4c(c3)C(C)(C)c3cc(-c5ccc6c(c5)C(C)(C)c5cc(-c7ccc8c(c7)C(C)(C)c7c9c(c%10c(oc%11ccccc%11%10)c7-8)-c7ccc(N(c8ccc%10c(c8)C(C)(C)c8c%11c(c%12oc%13ccccc%13c%12c8-%10)-c8ccc(-c%10ccccc%10)cc8C%11(C)C)c8ccccc8-c8ccccc8)cc7C9(C)C)ccc5-6)ccc3-4)cc21. The van der Waals surface area contributed by atoms with Gasteiger partial charge in [-0.3, -0.25) is 0 Å². The molecule has 0 fully saturated rings. The van der Waals surface area contributed by atoms with E-state index in [0.29, 0.717) is 0 Å². The molecule has 0 aliphatic heterocycles. The number of fused-ring (bicyclic) bond motifs is 33. The highest BCUT2D eigenvalue weighted by Gasteiger charge is 2.53. The number of nitrogens with zero attached hydrogens (tertiary/aromatic N) is 1. The normalized spacial score (nSPS) is 15.9. The lowest BCUT2D eigenvalue weighted by Crippen LogP contribution is -2.25. The standard InChI is InChI=1S/C137H123NO2/c1-15-17-19-21-23-39-71-137(72-40-24-22-20-18-16-2)106-49-35-31-46-94(106)99-66-57-90(79-115(99)137)88-56-65-98-96-63-54-86(75-108(96)132(5,6)110(98)77-88)85-53-62-95-97-64-55-87(76-109(97)131(3,4)107(95)74-85)89-59-68-103-112(78-89)134(9,10)128-124(103)130-122(105-48-34-38-52-118(105)140-130)120-101-70-61-92(81-114(101)136(13,14)126(120)128)138(116-50-36-32-45-93(116)83-43-29-26-30-44-83)91-60-69-100-113(80-91)135(11,12)125-119(100)121-104-47-33-37-51-117(104)139-129(121)123-102-67-58-84(82-41-27-25-28-42-82)73-111(102)133(7,8)127(123)125/h25-38,41-70,73-81H,15-24,39-40,71-72H2,1-14H3. The van der Waals surface area contributed by atoms with Crippen molar-refractivity contribution < 1.29 is 8.83 Å². The van der Waals surface area contributed by atoms with Crippen LogP contribution in [0.15, 0.2) is 330 Å². The Balaban J connectivity index is 0.530. The molecule has 140 heavy (non-hydrogen) atoms. The molecule has 7 aliphatic rings. The highest BCUT2D eigenvalue weighted by Crippen LogP contribution is 2.69. The molecule has 0 amide bonds.